The molecule has 0 bridgehead atoms. The van der Waals surface area contributed by atoms with Crippen LogP contribution in [0.2, 0.25) is 0 Å². The fraction of sp³-hybridized carbons (Fsp3) is 0.182. The molecule has 6 nitrogen and oxygen atoms in total. The zero-order valence-electron chi connectivity index (χ0n) is 16.2. The number of carbonyl (C=O) groups excluding carboxylic acids is 2. The number of fused-ring (bicyclic) bond motifs is 1. The maximum Gasteiger partial charge on any atom is 0.248 e. The number of ether oxygens (including phenoxy) is 1. The number of benzene rings is 2. The third-order valence-corrected chi connectivity index (χ3v) is 4.21. The van der Waals surface area contributed by atoms with Gasteiger partial charge in [0.05, 0.1) is 12.8 Å². The Morgan fingerprint density at radius 3 is 2.71 bits per heavy atom. The van der Waals surface area contributed by atoms with Crippen molar-refractivity contribution in [3.05, 3.63) is 71.9 Å². The highest BCUT2D eigenvalue weighted by Crippen LogP contribution is 2.23. The number of methoxy groups -OCH3 is 1. The molecule has 0 unspecified atom stereocenters. The lowest BCUT2D eigenvalue weighted by molar-refractivity contribution is -0.111. The second kappa shape index (κ2) is 8.54. The van der Waals surface area contributed by atoms with E-state index in [0.29, 0.717) is 23.5 Å². The van der Waals surface area contributed by atoms with Crippen molar-refractivity contribution in [3.8, 4) is 5.75 Å². The van der Waals surface area contributed by atoms with Gasteiger partial charge in [-0.1, -0.05) is 18.2 Å². The molecule has 0 spiro atoms. The molecular weight excluding hydrogens is 354 g/mol. The molecule has 0 aliphatic carbocycles. The average Bonchev–Trinajstić information content (AvgIpc) is 3.10. The number of anilines is 1. The summed E-state index contributed by atoms with van der Waals surface area (Å²) in [5.41, 5.74) is 2.38. The zero-order chi connectivity index (χ0) is 20.1. The SMILES string of the molecule is COc1ccc2cc(C(=O)c3cccc(NC(=O)/C=C/CN(C)C)c3)[nH]c2c1. The fourth-order valence-corrected chi connectivity index (χ4v) is 2.80. The first-order valence-electron chi connectivity index (χ1n) is 8.90. The van der Waals surface area contributed by atoms with Crippen molar-refractivity contribution < 1.29 is 14.3 Å². The molecule has 3 rings (SSSR count). The van der Waals surface area contributed by atoms with E-state index >= 15 is 0 Å². The monoisotopic (exact) mass is 377 g/mol. The molecule has 144 valence electrons. The van der Waals surface area contributed by atoms with Gasteiger partial charge in [0, 0.05) is 40.8 Å². The number of nitrogens with zero attached hydrogens (tertiary/aromatic N) is 1. The van der Waals surface area contributed by atoms with Crippen LogP contribution in [0.4, 0.5) is 5.69 Å². The van der Waals surface area contributed by atoms with Crippen LogP contribution in [-0.4, -0.2) is 49.3 Å². The fourth-order valence-electron chi connectivity index (χ4n) is 2.80. The van der Waals surface area contributed by atoms with Gasteiger partial charge in [0.1, 0.15) is 5.75 Å². The molecular formula is C22H23N3O3. The Kier molecular flexibility index (Phi) is 5.91. The molecule has 0 atom stereocenters. The van der Waals surface area contributed by atoms with Crippen molar-refractivity contribution >= 4 is 28.3 Å². The number of rotatable bonds is 7. The maximum absolute atomic E-state index is 12.9. The first-order chi connectivity index (χ1) is 13.5. The van der Waals surface area contributed by atoms with Crippen molar-refractivity contribution in [2.24, 2.45) is 0 Å². The van der Waals surface area contributed by atoms with Gasteiger partial charge in [-0.2, -0.15) is 0 Å². The summed E-state index contributed by atoms with van der Waals surface area (Å²) in [6.07, 6.45) is 3.27. The Hall–Kier alpha value is -3.38. The minimum Gasteiger partial charge on any atom is -0.497 e. The van der Waals surface area contributed by atoms with E-state index in [1.54, 1.807) is 37.5 Å². The molecule has 1 amide bonds. The van der Waals surface area contributed by atoms with Crippen molar-refractivity contribution in [1.29, 1.82) is 0 Å². The number of likely N-dealkylation sites (N-methyl/N-ethyl adjacent to an activating group) is 1. The Morgan fingerprint density at radius 2 is 1.96 bits per heavy atom. The molecule has 28 heavy (non-hydrogen) atoms. The molecule has 0 aliphatic heterocycles. The number of aromatic nitrogens is 1. The number of ketones is 1. The minimum absolute atomic E-state index is 0.144. The Morgan fingerprint density at radius 1 is 1.14 bits per heavy atom. The topological polar surface area (TPSA) is 74.4 Å². The standard InChI is InChI=1S/C22H23N3O3/c1-25(2)11-5-8-21(26)23-17-7-4-6-16(12-17)22(27)20-13-15-9-10-18(28-3)14-19(15)24-20/h4-10,12-14,24H,11H2,1-3H3,(H,23,26)/b8-5+. The van der Waals surface area contributed by atoms with Crippen LogP contribution in [0.1, 0.15) is 16.1 Å². The van der Waals surface area contributed by atoms with Crippen LogP contribution >= 0.6 is 0 Å². The molecule has 0 radical (unpaired) electrons. The van der Waals surface area contributed by atoms with E-state index in [-0.39, 0.29) is 11.7 Å². The zero-order valence-corrected chi connectivity index (χ0v) is 16.2. The lowest BCUT2D eigenvalue weighted by Gasteiger charge is -2.06. The van der Waals surface area contributed by atoms with Gasteiger partial charge in [0.2, 0.25) is 11.7 Å². The first-order valence-corrected chi connectivity index (χ1v) is 8.90. The van der Waals surface area contributed by atoms with Gasteiger partial charge < -0.3 is 19.9 Å². The van der Waals surface area contributed by atoms with Crippen LogP contribution in [0.3, 0.4) is 0 Å². The van der Waals surface area contributed by atoms with Gasteiger partial charge in [-0.3, -0.25) is 9.59 Å². The van der Waals surface area contributed by atoms with Crippen molar-refractivity contribution in [2.75, 3.05) is 33.1 Å². The third-order valence-electron chi connectivity index (χ3n) is 4.21. The van der Waals surface area contributed by atoms with Gasteiger partial charge >= 0.3 is 0 Å². The summed E-state index contributed by atoms with van der Waals surface area (Å²) in [5, 5.41) is 3.71. The quantitative estimate of drug-likeness (QED) is 0.488. The molecule has 2 aromatic carbocycles. The van der Waals surface area contributed by atoms with E-state index < -0.39 is 0 Å². The lowest BCUT2D eigenvalue weighted by Crippen LogP contribution is -2.13. The van der Waals surface area contributed by atoms with E-state index in [4.69, 9.17) is 4.74 Å². The van der Waals surface area contributed by atoms with Crippen LogP contribution in [-0.2, 0) is 4.79 Å². The minimum atomic E-state index is -0.232. The third kappa shape index (κ3) is 4.66. The molecule has 1 aromatic heterocycles. The summed E-state index contributed by atoms with van der Waals surface area (Å²) in [6, 6.07) is 14.3. The number of nitrogens with one attached hydrogen (secondary N) is 2. The van der Waals surface area contributed by atoms with Crippen LogP contribution in [0.5, 0.6) is 5.75 Å². The van der Waals surface area contributed by atoms with Crippen LogP contribution < -0.4 is 10.1 Å². The van der Waals surface area contributed by atoms with E-state index in [1.807, 2.05) is 43.3 Å². The van der Waals surface area contributed by atoms with Gasteiger partial charge in [-0.15, -0.1) is 0 Å². The van der Waals surface area contributed by atoms with Crippen LogP contribution in [0.25, 0.3) is 10.9 Å². The molecule has 0 saturated carbocycles. The maximum atomic E-state index is 12.9. The highest BCUT2D eigenvalue weighted by Gasteiger charge is 2.13. The smallest absolute Gasteiger partial charge is 0.248 e. The Labute approximate surface area is 163 Å². The summed E-state index contributed by atoms with van der Waals surface area (Å²) >= 11 is 0. The number of H-pyrrole nitrogens is 1. The van der Waals surface area contributed by atoms with Gasteiger partial charge in [-0.25, -0.2) is 0 Å². The number of aromatic amines is 1. The number of hydrogen-bond donors (Lipinski definition) is 2. The Balaban J connectivity index is 1.77. The van der Waals surface area contributed by atoms with E-state index in [0.717, 1.165) is 16.7 Å². The lowest BCUT2D eigenvalue weighted by atomic mass is 10.1. The van der Waals surface area contributed by atoms with E-state index in [2.05, 4.69) is 10.3 Å². The molecule has 0 aliphatic rings. The average molecular weight is 377 g/mol. The highest BCUT2D eigenvalue weighted by molar-refractivity contribution is 6.11. The summed E-state index contributed by atoms with van der Waals surface area (Å²) < 4.78 is 5.22. The molecule has 0 saturated heterocycles. The molecule has 3 aromatic rings. The largest absolute Gasteiger partial charge is 0.497 e. The van der Waals surface area contributed by atoms with Gasteiger partial charge in [0.25, 0.3) is 0 Å². The highest BCUT2D eigenvalue weighted by atomic mass is 16.5. The van der Waals surface area contributed by atoms with Crippen LogP contribution in [0, 0.1) is 0 Å². The predicted molar refractivity (Wildman–Crippen MR) is 111 cm³/mol. The van der Waals surface area contributed by atoms with Crippen LogP contribution in [0.15, 0.2) is 60.7 Å². The van der Waals surface area contributed by atoms with E-state index in [9.17, 15) is 9.59 Å². The number of carbonyl (C=O) groups is 2. The van der Waals surface area contributed by atoms with E-state index in [1.165, 1.54) is 6.08 Å². The summed E-state index contributed by atoms with van der Waals surface area (Å²) in [7, 11) is 5.46. The van der Waals surface area contributed by atoms with Crippen molar-refractivity contribution in [1.82, 2.24) is 9.88 Å². The van der Waals surface area contributed by atoms with Gasteiger partial charge in [0.15, 0.2) is 0 Å². The second-order valence-electron chi connectivity index (χ2n) is 6.70. The second-order valence-corrected chi connectivity index (χ2v) is 6.70. The normalized spacial score (nSPS) is 11.3. The first kappa shape index (κ1) is 19.4. The van der Waals surface area contributed by atoms with Gasteiger partial charge in [-0.05, 0) is 44.4 Å². The summed E-state index contributed by atoms with van der Waals surface area (Å²) in [5.74, 6) is 0.346. The Bertz CT molecular complexity index is 1030. The van der Waals surface area contributed by atoms with Crippen molar-refractivity contribution in [2.45, 2.75) is 0 Å². The molecule has 1 heterocycles. The molecule has 0 fully saturated rings. The predicted octanol–water partition coefficient (Wildman–Crippen LogP) is 3.46. The van der Waals surface area contributed by atoms with Crippen molar-refractivity contribution in [3.63, 3.8) is 0 Å². The number of amides is 1. The molecule has 6 heteroatoms. The summed E-state index contributed by atoms with van der Waals surface area (Å²) in [6.45, 7) is 0.678. The molecule has 2 N–H and O–H groups in total. The number of hydrogen-bond acceptors (Lipinski definition) is 4. The summed E-state index contributed by atoms with van der Waals surface area (Å²) in [4.78, 5) is 30.0.